The molecule has 1 aromatic rings. The highest BCUT2D eigenvalue weighted by Gasteiger charge is 2.33. The van der Waals surface area contributed by atoms with Gasteiger partial charge in [-0.2, -0.15) is 0 Å². The summed E-state index contributed by atoms with van der Waals surface area (Å²) >= 11 is 5.95. The molecule has 0 aliphatic heterocycles. The summed E-state index contributed by atoms with van der Waals surface area (Å²) < 4.78 is 0. The Labute approximate surface area is 112 Å². The van der Waals surface area contributed by atoms with Crippen molar-refractivity contribution in [1.82, 2.24) is 4.90 Å². The zero-order chi connectivity index (χ0) is 13.1. The Morgan fingerprint density at radius 2 is 2.28 bits per heavy atom. The third-order valence-corrected chi connectivity index (χ3v) is 3.31. The minimum atomic E-state index is -0.0709. The van der Waals surface area contributed by atoms with Gasteiger partial charge in [-0.15, -0.1) is 0 Å². The molecule has 0 bridgehead atoms. The van der Waals surface area contributed by atoms with Crippen LogP contribution in [0.1, 0.15) is 23.2 Å². The van der Waals surface area contributed by atoms with Gasteiger partial charge in [0.05, 0.1) is 12.2 Å². The first-order chi connectivity index (χ1) is 8.67. The number of aliphatic hydroxyl groups is 1. The molecule has 2 N–H and O–H groups in total. The maximum Gasteiger partial charge on any atom is 0.256 e. The molecule has 4 nitrogen and oxygen atoms in total. The van der Waals surface area contributed by atoms with E-state index in [1.807, 2.05) is 0 Å². The summed E-state index contributed by atoms with van der Waals surface area (Å²) in [6, 6.07) is 5.48. The number of nitrogens with one attached hydrogen (secondary N) is 1. The first-order valence-corrected chi connectivity index (χ1v) is 6.44. The summed E-state index contributed by atoms with van der Waals surface area (Å²) in [7, 11) is 1.77. The molecule has 1 aromatic carbocycles. The maximum absolute atomic E-state index is 12.5. The summed E-state index contributed by atoms with van der Waals surface area (Å²) in [5, 5.41) is 12.6. The number of benzene rings is 1. The van der Waals surface area contributed by atoms with E-state index in [1.54, 1.807) is 30.1 Å². The second kappa shape index (κ2) is 5.59. The lowest BCUT2D eigenvalue weighted by Gasteiger charge is -2.22. The predicted molar refractivity (Wildman–Crippen MR) is 72.1 cm³/mol. The van der Waals surface area contributed by atoms with Gasteiger partial charge >= 0.3 is 0 Å². The minimum Gasteiger partial charge on any atom is -0.395 e. The molecule has 1 amide bonds. The van der Waals surface area contributed by atoms with Crippen molar-refractivity contribution >= 4 is 23.2 Å². The van der Waals surface area contributed by atoms with E-state index in [9.17, 15) is 4.79 Å². The molecule has 5 heteroatoms. The number of aliphatic hydroxyl groups excluding tert-OH is 1. The van der Waals surface area contributed by atoms with Crippen LogP contribution >= 0.6 is 11.6 Å². The molecule has 0 unspecified atom stereocenters. The molecule has 0 aromatic heterocycles. The van der Waals surface area contributed by atoms with Crippen molar-refractivity contribution in [3.05, 3.63) is 28.8 Å². The van der Waals surface area contributed by atoms with Crippen LogP contribution in [0.25, 0.3) is 0 Å². The zero-order valence-electron chi connectivity index (χ0n) is 10.3. The van der Waals surface area contributed by atoms with E-state index in [2.05, 4.69) is 5.32 Å². The fourth-order valence-corrected chi connectivity index (χ4v) is 2.18. The molecule has 18 heavy (non-hydrogen) atoms. The number of amides is 1. The van der Waals surface area contributed by atoms with Crippen LogP contribution in [0.3, 0.4) is 0 Å². The number of rotatable bonds is 5. The third kappa shape index (κ3) is 2.76. The Morgan fingerprint density at radius 3 is 2.83 bits per heavy atom. The first kappa shape index (κ1) is 13.2. The zero-order valence-corrected chi connectivity index (χ0v) is 11.1. The van der Waals surface area contributed by atoms with Crippen molar-refractivity contribution < 1.29 is 9.90 Å². The Morgan fingerprint density at radius 1 is 1.56 bits per heavy atom. The van der Waals surface area contributed by atoms with E-state index in [1.165, 1.54) is 0 Å². The lowest BCUT2D eigenvalue weighted by Crippen LogP contribution is -2.35. The smallest absolute Gasteiger partial charge is 0.256 e. The number of hydrogen-bond acceptors (Lipinski definition) is 3. The molecule has 1 aliphatic carbocycles. The molecule has 0 atom stereocenters. The molecule has 1 fully saturated rings. The molecule has 0 saturated heterocycles. The van der Waals surface area contributed by atoms with Crippen LogP contribution < -0.4 is 5.32 Å². The van der Waals surface area contributed by atoms with Gasteiger partial charge < -0.3 is 15.3 Å². The van der Waals surface area contributed by atoms with E-state index in [0.717, 1.165) is 18.5 Å². The fourth-order valence-electron chi connectivity index (χ4n) is 2.01. The molecular formula is C13H17ClN2O2. The first-order valence-electron chi connectivity index (χ1n) is 6.06. The van der Waals surface area contributed by atoms with Crippen LogP contribution in [0.15, 0.2) is 18.2 Å². The monoisotopic (exact) mass is 268 g/mol. The minimum absolute atomic E-state index is 0.0162. The highest BCUT2D eigenvalue weighted by molar-refractivity contribution is 6.31. The van der Waals surface area contributed by atoms with Crippen molar-refractivity contribution in [1.29, 1.82) is 0 Å². The molecule has 1 aliphatic rings. The van der Waals surface area contributed by atoms with Crippen LogP contribution in [0, 0.1) is 0 Å². The summed E-state index contributed by atoms with van der Waals surface area (Å²) in [6.07, 6.45) is 2.03. The van der Waals surface area contributed by atoms with Crippen LogP contribution in [-0.4, -0.2) is 42.2 Å². The average Bonchev–Trinajstić information content (AvgIpc) is 3.19. The molecule has 0 spiro atoms. The highest BCUT2D eigenvalue weighted by Crippen LogP contribution is 2.30. The number of halogens is 1. The van der Waals surface area contributed by atoms with Gasteiger partial charge in [-0.05, 0) is 31.0 Å². The number of carbonyl (C=O) groups excluding carboxylic acids is 1. The van der Waals surface area contributed by atoms with Crippen LogP contribution in [-0.2, 0) is 0 Å². The van der Waals surface area contributed by atoms with Gasteiger partial charge in [-0.3, -0.25) is 4.79 Å². The number of nitrogens with zero attached hydrogens (tertiary/aromatic N) is 1. The van der Waals surface area contributed by atoms with Gasteiger partial charge in [0, 0.05) is 30.3 Å². The summed E-state index contributed by atoms with van der Waals surface area (Å²) in [5.41, 5.74) is 1.32. The van der Waals surface area contributed by atoms with Gasteiger partial charge in [-0.1, -0.05) is 11.6 Å². The molecule has 98 valence electrons. The lowest BCUT2D eigenvalue weighted by molar-refractivity contribution is 0.0708. The normalized spacial score (nSPS) is 14.4. The van der Waals surface area contributed by atoms with E-state index in [4.69, 9.17) is 16.7 Å². The molecular weight excluding hydrogens is 252 g/mol. The number of hydrogen-bond donors (Lipinski definition) is 2. The molecule has 0 heterocycles. The van der Waals surface area contributed by atoms with Crippen molar-refractivity contribution in [2.75, 3.05) is 25.5 Å². The van der Waals surface area contributed by atoms with Gasteiger partial charge in [0.25, 0.3) is 5.91 Å². The Hall–Kier alpha value is -1.26. The topological polar surface area (TPSA) is 52.6 Å². The van der Waals surface area contributed by atoms with E-state index >= 15 is 0 Å². The van der Waals surface area contributed by atoms with Crippen LogP contribution in [0.5, 0.6) is 0 Å². The summed E-state index contributed by atoms with van der Waals surface area (Å²) in [5.74, 6) is -0.0709. The van der Waals surface area contributed by atoms with Gasteiger partial charge in [0.15, 0.2) is 0 Å². The van der Waals surface area contributed by atoms with Crippen LogP contribution in [0.4, 0.5) is 5.69 Å². The van der Waals surface area contributed by atoms with Crippen molar-refractivity contribution in [3.63, 3.8) is 0 Å². The van der Waals surface area contributed by atoms with Crippen molar-refractivity contribution in [3.8, 4) is 0 Å². The van der Waals surface area contributed by atoms with E-state index in [-0.39, 0.29) is 18.6 Å². The second-order valence-electron chi connectivity index (χ2n) is 4.39. The number of anilines is 1. The molecule has 2 rings (SSSR count). The highest BCUT2D eigenvalue weighted by atomic mass is 35.5. The molecule has 0 radical (unpaired) electrons. The predicted octanol–water partition coefficient (Wildman–Crippen LogP) is 1.98. The Balaban J connectivity index is 2.28. The molecule has 1 saturated carbocycles. The standard InChI is InChI=1S/C13H17ClN2O2/c1-15-12-5-2-9(14)8-11(12)13(18)16(6-7-17)10-3-4-10/h2,5,8,10,15,17H,3-4,6-7H2,1H3. The largest absolute Gasteiger partial charge is 0.395 e. The average molecular weight is 269 g/mol. The van der Waals surface area contributed by atoms with Crippen molar-refractivity contribution in [2.24, 2.45) is 0 Å². The number of carbonyl (C=O) groups is 1. The summed E-state index contributed by atoms with van der Waals surface area (Å²) in [4.78, 5) is 14.2. The van der Waals surface area contributed by atoms with Crippen molar-refractivity contribution in [2.45, 2.75) is 18.9 Å². The lowest BCUT2D eigenvalue weighted by atomic mass is 10.1. The quantitative estimate of drug-likeness (QED) is 0.859. The fraction of sp³-hybridized carbons (Fsp3) is 0.462. The van der Waals surface area contributed by atoms with Crippen LogP contribution in [0.2, 0.25) is 5.02 Å². The van der Waals surface area contributed by atoms with Gasteiger partial charge in [0.1, 0.15) is 0 Å². The van der Waals surface area contributed by atoms with Gasteiger partial charge in [0.2, 0.25) is 0 Å². The maximum atomic E-state index is 12.5. The van der Waals surface area contributed by atoms with E-state index in [0.29, 0.717) is 17.1 Å². The summed E-state index contributed by atoms with van der Waals surface area (Å²) in [6.45, 7) is 0.358. The van der Waals surface area contributed by atoms with Gasteiger partial charge in [-0.25, -0.2) is 0 Å². The Kier molecular flexibility index (Phi) is 4.09. The Bertz CT molecular complexity index is 447. The van der Waals surface area contributed by atoms with E-state index < -0.39 is 0 Å². The SMILES string of the molecule is CNc1ccc(Cl)cc1C(=O)N(CCO)C1CC1. The third-order valence-electron chi connectivity index (χ3n) is 3.07. The second-order valence-corrected chi connectivity index (χ2v) is 4.83.